The van der Waals surface area contributed by atoms with Crippen molar-refractivity contribution in [2.75, 3.05) is 13.7 Å². The molecule has 5 nitrogen and oxygen atoms in total. The summed E-state index contributed by atoms with van der Waals surface area (Å²) in [6.07, 6.45) is 2.38. The molecule has 0 saturated carbocycles. The Morgan fingerprint density at radius 1 is 1.21 bits per heavy atom. The van der Waals surface area contributed by atoms with Crippen LogP contribution in [0.5, 0.6) is 11.5 Å². The number of ether oxygens (including phenoxy) is 2. The third-order valence-corrected chi connectivity index (χ3v) is 5.66. The summed E-state index contributed by atoms with van der Waals surface area (Å²) < 4.78 is 25.0. The number of thioether (sulfide) groups is 1. The predicted molar refractivity (Wildman–Crippen MR) is 114 cm³/mol. The number of hydrogen-bond donors (Lipinski definition) is 0. The number of nitrogens with zero attached hydrogens (tertiary/aromatic N) is 1. The van der Waals surface area contributed by atoms with E-state index in [4.69, 9.17) is 9.47 Å². The van der Waals surface area contributed by atoms with Crippen LogP contribution in [0.15, 0.2) is 45.8 Å². The summed E-state index contributed by atoms with van der Waals surface area (Å²) in [6.45, 7) is 2.56. The number of halogens is 2. The lowest BCUT2D eigenvalue weighted by Gasteiger charge is -2.14. The Morgan fingerprint density at radius 3 is 2.59 bits per heavy atom. The van der Waals surface area contributed by atoms with Crippen molar-refractivity contribution < 1.29 is 23.5 Å². The molecule has 1 aliphatic heterocycles. The number of benzene rings is 2. The Kier molecular flexibility index (Phi) is 6.97. The first-order valence-electron chi connectivity index (χ1n) is 8.93. The molecule has 0 spiro atoms. The van der Waals surface area contributed by atoms with E-state index < -0.39 is 0 Å². The number of methoxy groups -OCH3 is 1. The van der Waals surface area contributed by atoms with Crippen LogP contribution < -0.4 is 9.47 Å². The molecule has 0 atom stereocenters. The average Bonchev–Trinajstić information content (AvgIpc) is 2.96. The van der Waals surface area contributed by atoms with Crippen molar-refractivity contribution in [1.82, 2.24) is 4.90 Å². The SMILES string of the molecule is CCCN1C(=O)S/C(=C/c2cc(Br)c(OCc3ccc(F)cc3)c(OC)c2)C1=O. The molecule has 1 saturated heterocycles. The van der Waals surface area contributed by atoms with Crippen molar-refractivity contribution in [3.05, 3.63) is 62.7 Å². The zero-order valence-corrected chi connectivity index (χ0v) is 18.3. The molecule has 8 heteroatoms. The van der Waals surface area contributed by atoms with Gasteiger partial charge in [-0.3, -0.25) is 14.5 Å². The van der Waals surface area contributed by atoms with E-state index in [0.717, 1.165) is 17.3 Å². The van der Waals surface area contributed by atoms with E-state index in [0.29, 0.717) is 39.4 Å². The number of amides is 2. The van der Waals surface area contributed by atoms with E-state index in [-0.39, 0.29) is 23.6 Å². The van der Waals surface area contributed by atoms with Crippen molar-refractivity contribution in [3.8, 4) is 11.5 Å². The zero-order valence-electron chi connectivity index (χ0n) is 15.9. The molecule has 1 aliphatic rings. The lowest BCUT2D eigenvalue weighted by atomic mass is 10.1. The highest BCUT2D eigenvalue weighted by atomic mass is 79.9. The van der Waals surface area contributed by atoms with Gasteiger partial charge < -0.3 is 9.47 Å². The molecule has 0 aliphatic carbocycles. The predicted octanol–water partition coefficient (Wildman–Crippen LogP) is 5.62. The topological polar surface area (TPSA) is 55.8 Å². The Labute approximate surface area is 181 Å². The van der Waals surface area contributed by atoms with Crippen LogP contribution in [0, 0.1) is 5.82 Å². The second kappa shape index (κ2) is 9.45. The maximum absolute atomic E-state index is 13.0. The van der Waals surface area contributed by atoms with Gasteiger partial charge in [-0.2, -0.15) is 0 Å². The summed E-state index contributed by atoms with van der Waals surface area (Å²) in [5, 5.41) is -0.256. The summed E-state index contributed by atoms with van der Waals surface area (Å²) in [5.74, 6) is 0.377. The second-order valence-corrected chi connectivity index (χ2v) is 8.13. The maximum atomic E-state index is 13.0. The van der Waals surface area contributed by atoms with Gasteiger partial charge in [-0.1, -0.05) is 19.1 Å². The summed E-state index contributed by atoms with van der Waals surface area (Å²) in [7, 11) is 1.52. The molecule has 0 bridgehead atoms. The van der Waals surface area contributed by atoms with Crippen LogP contribution in [-0.2, 0) is 11.4 Å². The molecule has 2 amide bonds. The molecule has 0 radical (unpaired) electrons. The highest BCUT2D eigenvalue weighted by molar-refractivity contribution is 9.10. The number of carbonyl (C=O) groups excluding carboxylic acids is 2. The molecule has 0 N–H and O–H groups in total. The van der Waals surface area contributed by atoms with Gasteiger partial charge in [-0.25, -0.2) is 4.39 Å². The normalized spacial score (nSPS) is 15.3. The van der Waals surface area contributed by atoms with Crippen LogP contribution in [0.2, 0.25) is 0 Å². The van der Waals surface area contributed by atoms with Crippen molar-refractivity contribution in [2.45, 2.75) is 20.0 Å². The standard InChI is InChI=1S/C21H19BrFNO4S/c1-3-8-24-20(25)18(29-21(24)26)11-14-9-16(22)19(17(10-14)27-2)28-12-13-4-6-15(23)7-5-13/h4-7,9-11H,3,8,12H2,1-2H3/b18-11+. The van der Waals surface area contributed by atoms with Gasteiger partial charge in [0.15, 0.2) is 11.5 Å². The molecule has 152 valence electrons. The summed E-state index contributed by atoms with van der Waals surface area (Å²) >= 11 is 4.40. The third-order valence-electron chi connectivity index (χ3n) is 4.17. The minimum Gasteiger partial charge on any atom is -0.493 e. The van der Waals surface area contributed by atoms with Crippen LogP contribution in [-0.4, -0.2) is 29.7 Å². The summed E-state index contributed by atoms with van der Waals surface area (Å²) in [5.41, 5.74) is 1.51. The average molecular weight is 480 g/mol. The fourth-order valence-corrected chi connectivity index (χ4v) is 4.21. The molecule has 0 aromatic heterocycles. The molecule has 3 rings (SSSR count). The van der Waals surface area contributed by atoms with Crippen molar-refractivity contribution in [3.63, 3.8) is 0 Å². The van der Waals surface area contributed by atoms with Gasteiger partial charge in [0.2, 0.25) is 0 Å². The summed E-state index contributed by atoms with van der Waals surface area (Å²) in [4.78, 5) is 26.1. The Morgan fingerprint density at radius 2 is 1.93 bits per heavy atom. The number of carbonyl (C=O) groups is 2. The van der Waals surface area contributed by atoms with Gasteiger partial charge in [-0.15, -0.1) is 0 Å². The van der Waals surface area contributed by atoms with E-state index >= 15 is 0 Å². The number of hydrogen-bond acceptors (Lipinski definition) is 5. The highest BCUT2D eigenvalue weighted by Gasteiger charge is 2.34. The molecular weight excluding hydrogens is 461 g/mol. The first-order valence-corrected chi connectivity index (χ1v) is 10.5. The van der Waals surface area contributed by atoms with Crippen LogP contribution >= 0.6 is 27.7 Å². The van der Waals surface area contributed by atoms with Crippen molar-refractivity contribution in [1.29, 1.82) is 0 Å². The van der Waals surface area contributed by atoms with Crippen LogP contribution in [0.4, 0.5) is 9.18 Å². The van der Waals surface area contributed by atoms with E-state index in [2.05, 4.69) is 15.9 Å². The molecular formula is C21H19BrFNO4S. The van der Waals surface area contributed by atoms with Gasteiger partial charge in [-0.05, 0) is 75.6 Å². The van der Waals surface area contributed by atoms with Crippen molar-refractivity contribution in [2.24, 2.45) is 0 Å². The Bertz CT molecular complexity index is 962. The molecule has 29 heavy (non-hydrogen) atoms. The largest absolute Gasteiger partial charge is 0.493 e. The molecule has 0 unspecified atom stereocenters. The van der Waals surface area contributed by atoms with Gasteiger partial charge in [0.1, 0.15) is 12.4 Å². The van der Waals surface area contributed by atoms with E-state index in [9.17, 15) is 14.0 Å². The smallest absolute Gasteiger partial charge is 0.293 e. The fourth-order valence-electron chi connectivity index (χ4n) is 2.77. The van der Waals surface area contributed by atoms with E-state index in [1.807, 2.05) is 6.92 Å². The zero-order chi connectivity index (χ0) is 21.0. The fraction of sp³-hybridized carbons (Fsp3) is 0.238. The van der Waals surface area contributed by atoms with Gasteiger partial charge >= 0.3 is 0 Å². The summed E-state index contributed by atoms with van der Waals surface area (Å²) in [6, 6.07) is 9.57. The van der Waals surface area contributed by atoms with E-state index in [1.54, 1.807) is 30.3 Å². The van der Waals surface area contributed by atoms with Crippen molar-refractivity contribution >= 4 is 44.9 Å². The lowest BCUT2D eigenvalue weighted by Crippen LogP contribution is -2.28. The molecule has 2 aromatic carbocycles. The first kappa shape index (κ1) is 21.4. The molecule has 2 aromatic rings. The quantitative estimate of drug-likeness (QED) is 0.482. The van der Waals surface area contributed by atoms with Gasteiger partial charge in [0.25, 0.3) is 11.1 Å². The lowest BCUT2D eigenvalue weighted by molar-refractivity contribution is -0.122. The maximum Gasteiger partial charge on any atom is 0.293 e. The van der Waals surface area contributed by atoms with Gasteiger partial charge in [0, 0.05) is 6.54 Å². The first-order chi connectivity index (χ1) is 13.9. The van der Waals surface area contributed by atoms with E-state index in [1.165, 1.54) is 24.1 Å². The van der Waals surface area contributed by atoms with Crippen LogP contribution in [0.1, 0.15) is 24.5 Å². The van der Waals surface area contributed by atoms with Crippen LogP contribution in [0.3, 0.4) is 0 Å². The molecule has 1 fully saturated rings. The monoisotopic (exact) mass is 479 g/mol. The number of rotatable bonds is 7. The minimum atomic E-state index is -0.305. The Hall–Kier alpha value is -2.32. The van der Waals surface area contributed by atoms with Gasteiger partial charge in [0.05, 0.1) is 16.5 Å². The highest BCUT2D eigenvalue weighted by Crippen LogP contribution is 2.39. The minimum absolute atomic E-state index is 0.241. The number of imide groups is 1. The van der Waals surface area contributed by atoms with Crippen LogP contribution in [0.25, 0.3) is 6.08 Å². The Balaban J connectivity index is 1.82. The second-order valence-electron chi connectivity index (χ2n) is 6.28. The third kappa shape index (κ3) is 5.00. The molecule has 1 heterocycles.